The Morgan fingerprint density at radius 3 is 2.53 bits per heavy atom. The van der Waals surface area contributed by atoms with Crippen LogP contribution < -0.4 is 4.90 Å². The molecule has 0 bridgehead atoms. The third-order valence-electron chi connectivity index (χ3n) is 2.91. The van der Waals surface area contributed by atoms with E-state index in [0.29, 0.717) is 30.5 Å². The summed E-state index contributed by atoms with van der Waals surface area (Å²) in [5.41, 5.74) is 2.18. The summed E-state index contributed by atoms with van der Waals surface area (Å²) < 4.78 is 0. The average Bonchev–Trinajstić information content (AvgIpc) is 2.35. The van der Waals surface area contributed by atoms with Crippen LogP contribution in [0.3, 0.4) is 0 Å². The van der Waals surface area contributed by atoms with Gasteiger partial charge in [0.15, 0.2) is 0 Å². The lowest BCUT2D eigenvalue weighted by molar-refractivity contribution is -0.129. The molecule has 19 heavy (non-hydrogen) atoms. The molecule has 1 aromatic rings. The number of carbonyl (C=O) groups is 2. The van der Waals surface area contributed by atoms with Gasteiger partial charge in [-0.15, -0.1) is 0 Å². The van der Waals surface area contributed by atoms with Gasteiger partial charge in [0.1, 0.15) is 6.61 Å². The van der Waals surface area contributed by atoms with Crippen LogP contribution in [0, 0.1) is 18.8 Å². The summed E-state index contributed by atoms with van der Waals surface area (Å²) in [5, 5.41) is 8.71. The minimum absolute atomic E-state index is 0.164. The first kappa shape index (κ1) is 13.3. The van der Waals surface area contributed by atoms with E-state index in [2.05, 4.69) is 11.8 Å². The summed E-state index contributed by atoms with van der Waals surface area (Å²) in [6.07, 6.45) is 1.42. The summed E-state index contributed by atoms with van der Waals surface area (Å²) in [4.78, 5) is 25.0. The summed E-state index contributed by atoms with van der Waals surface area (Å²) >= 11 is 0. The molecule has 2 rings (SSSR count). The van der Waals surface area contributed by atoms with Gasteiger partial charge in [-0.25, -0.2) is 0 Å². The van der Waals surface area contributed by atoms with Crippen molar-refractivity contribution >= 4 is 17.5 Å². The summed E-state index contributed by atoms with van der Waals surface area (Å²) in [7, 11) is 0. The molecule has 1 saturated heterocycles. The number of aliphatic hydroxyl groups is 1. The smallest absolute Gasteiger partial charge is 0.233 e. The maximum Gasteiger partial charge on any atom is 0.233 e. The Hall–Kier alpha value is -2.12. The molecule has 4 heteroatoms. The fourth-order valence-electron chi connectivity index (χ4n) is 2.15. The molecular weight excluding hydrogens is 242 g/mol. The number of carbonyl (C=O) groups excluding carboxylic acids is 2. The highest BCUT2D eigenvalue weighted by molar-refractivity contribution is 6.16. The second-order valence-corrected chi connectivity index (χ2v) is 4.49. The minimum Gasteiger partial charge on any atom is -0.384 e. The van der Waals surface area contributed by atoms with Crippen LogP contribution in [-0.4, -0.2) is 23.5 Å². The van der Waals surface area contributed by atoms with E-state index in [-0.39, 0.29) is 18.4 Å². The van der Waals surface area contributed by atoms with Gasteiger partial charge in [0, 0.05) is 18.4 Å². The predicted octanol–water partition coefficient (Wildman–Crippen LogP) is 1.38. The normalized spacial score (nSPS) is 15.2. The Balaban J connectivity index is 2.41. The number of amides is 2. The highest BCUT2D eigenvalue weighted by Crippen LogP contribution is 2.24. The van der Waals surface area contributed by atoms with Gasteiger partial charge in [0.05, 0.1) is 5.69 Å². The fourth-order valence-corrected chi connectivity index (χ4v) is 2.15. The van der Waals surface area contributed by atoms with Crippen molar-refractivity contribution in [1.82, 2.24) is 0 Å². The van der Waals surface area contributed by atoms with Crippen LogP contribution in [0.2, 0.25) is 0 Å². The van der Waals surface area contributed by atoms with Crippen molar-refractivity contribution in [3.05, 3.63) is 29.3 Å². The van der Waals surface area contributed by atoms with Crippen molar-refractivity contribution in [1.29, 1.82) is 0 Å². The van der Waals surface area contributed by atoms with Crippen LogP contribution in [0.4, 0.5) is 5.69 Å². The fraction of sp³-hybridized carbons (Fsp3) is 0.333. The van der Waals surface area contributed by atoms with Gasteiger partial charge >= 0.3 is 0 Å². The standard InChI is InChI=1S/C15H15NO3/c1-11-8-12(4-3-7-17)10-13(9-11)16-14(18)5-2-6-15(16)19/h8-10,17H,2,5-7H2,1H3. The topological polar surface area (TPSA) is 57.6 Å². The Morgan fingerprint density at radius 2 is 1.89 bits per heavy atom. The molecule has 1 aliphatic rings. The van der Waals surface area contributed by atoms with Crippen LogP contribution in [0.25, 0.3) is 0 Å². The molecule has 0 aliphatic carbocycles. The molecule has 1 aliphatic heterocycles. The van der Waals surface area contributed by atoms with Crippen LogP contribution in [-0.2, 0) is 9.59 Å². The van der Waals surface area contributed by atoms with Gasteiger partial charge in [0.2, 0.25) is 11.8 Å². The Labute approximate surface area is 112 Å². The van der Waals surface area contributed by atoms with E-state index in [4.69, 9.17) is 5.11 Å². The number of anilines is 1. The van der Waals surface area contributed by atoms with Crippen molar-refractivity contribution in [2.45, 2.75) is 26.2 Å². The first-order valence-corrected chi connectivity index (χ1v) is 6.19. The molecule has 0 saturated carbocycles. The second kappa shape index (κ2) is 5.68. The molecule has 2 amide bonds. The summed E-state index contributed by atoms with van der Waals surface area (Å²) in [6, 6.07) is 5.35. The molecule has 1 heterocycles. The van der Waals surface area contributed by atoms with E-state index >= 15 is 0 Å². The van der Waals surface area contributed by atoms with Crippen molar-refractivity contribution in [2.24, 2.45) is 0 Å². The quantitative estimate of drug-likeness (QED) is 0.611. The lowest BCUT2D eigenvalue weighted by Gasteiger charge is -2.25. The molecule has 98 valence electrons. The molecular formula is C15H15NO3. The average molecular weight is 257 g/mol. The van der Waals surface area contributed by atoms with E-state index in [9.17, 15) is 9.59 Å². The minimum atomic E-state index is -0.217. The van der Waals surface area contributed by atoms with E-state index in [0.717, 1.165) is 5.56 Å². The molecule has 1 aromatic carbocycles. The zero-order valence-corrected chi connectivity index (χ0v) is 10.8. The Kier molecular flexibility index (Phi) is 3.98. The number of hydrogen-bond donors (Lipinski definition) is 1. The van der Waals surface area contributed by atoms with Gasteiger partial charge < -0.3 is 5.11 Å². The lowest BCUT2D eigenvalue weighted by Crippen LogP contribution is -2.40. The number of piperidine rings is 1. The number of hydrogen-bond acceptors (Lipinski definition) is 3. The molecule has 0 radical (unpaired) electrons. The zero-order chi connectivity index (χ0) is 13.8. The van der Waals surface area contributed by atoms with Crippen LogP contribution >= 0.6 is 0 Å². The molecule has 4 nitrogen and oxygen atoms in total. The molecule has 0 aromatic heterocycles. The highest BCUT2D eigenvalue weighted by atomic mass is 16.2. The first-order valence-electron chi connectivity index (χ1n) is 6.19. The van der Waals surface area contributed by atoms with Gasteiger partial charge in [-0.05, 0) is 37.1 Å². The lowest BCUT2D eigenvalue weighted by atomic mass is 10.1. The van der Waals surface area contributed by atoms with Crippen molar-refractivity contribution in [3.63, 3.8) is 0 Å². The van der Waals surface area contributed by atoms with Gasteiger partial charge in [-0.2, -0.15) is 0 Å². The number of aliphatic hydroxyl groups excluding tert-OH is 1. The number of aryl methyl sites for hydroxylation is 1. The SMILES string of the molecule is Cc1cc(C#CCO)cc(N2C(=O)CCCC2=O)c1. The van der Waals surface area contributed by atoms with E-state index in [1.54, 1.807) is 12.1 Å². The molecule has 0 atom stereocenters. The van der Waals surface area contributed by atoms with Gasteiger partial charge in [-0.3, -0.25) is 14.5 Å². The van der Waals surface area contributed by atoms with Crippen LogP contribution in [0.1, 0.15) is 30.4 Å². The zero-order valence-electron chi connectivity index (χ0n) is 10.8. The maximum atomic E-state index is 11.9. The summed E-state index contributed by atoms with van der Waals surface area (Å²) in [5.74, 6) is 5.03. The molecule has 1 fully saturated rings. The number of nitrogens with zero attached hydrogens (tertiary/aromatic N) is 1. The molecule has 1 N–H and O–H groups in total. The molecule has 0 unspecified atom stereocenters. The van der Waals surface area contributed by atoms with Crippen LogP contribution in [0.15, 0.2) is 18.2 Å². The van der Waals surface area contributed by atoms with Gasteiger partial charge in [0.25, 0.3) is 0 Å². The van der Waals surface area contributed by atoms with E-state index < -0.39 is 0 Å². The maximum absolute atomic E-state index is 11.9. The van der Waals surface area contributed by atoms with E-state index in [1.807, 2.05) is 13.0 Å². The van der Waals surface area contributed by atoms with Gasteiger partial charge in [-0.1, -0.05) is 11.8 Å². The largest absolute Gasteiger partial charge is 0.384 e. The predicted molar refractivity (Wildman–Crippen MR) is 71.5 cm³/mol. The first-order chi connectivity index (χ1) is 9.11. The van der Waals surface area contributed by atoms with Crippen LogP contribution in [0.5, 0.6) is 0 Å². The number of rotatable bonds is 1. The number of benzene rings is 1. The Morgan fingerprint density at radius 1 is 1.21 bits per heavy atom. The highest BCUT2D eigenvalue weighted by Gasteiger charge is 2.27. The van der Waals surface area contributed by atoms with Crippen molar-refractivity contribution in [3.8, 4) is 11.8 Å². The number of imide groups is 1. The van der Waals surface area contributed by atoms with Crippen molar-refractivity contribution in [2.75, 3.05) is 11.5 Å². The van der Waals surface area contributed by atoms with Crippen molar-refractivity contribution < 1.29 is 14.7 Å². The summed E-state index contributed by atoms with van der Waals surface area (Å²) in [6.45, 7) is 1.66. The Bertz CT molecular complexity index is 565. The van der Waals surface area contributed by atoms with E-state index in [1.165, 1.54) is 4.90 Å². The third kappa shape index (κ3) is 3.01. The third-order valence-corrected chi connectivity index (χ3v) is 2.91. The second-order valence-electron chi connectivity index (χ2n) is 4.49. The molecule has 0 spiro atoms. The monoisotopic (exact) mass is 257 g/mol.